The van der Waals surface area contributed by atoms with Crippen molar-refractivity contribution in [2.75, 3.05) is 0 Å². The van der Waals surface area contributed by atoms with Crippen LogP contribution in [0.5, 0.6) is 0 Å². The largest absolute Gasteiger partial charge is 0.359 e. The number of H-pyrrole nitrogens is 1. The first-order valence-electron chi connectivity index (χ1n) is 6.62. The highest BCUT2D eigenvalue weighted by Gasteiger charge is 2.18. The van der Waals surface area contributed by atoms with Crippen LogP contribution in [0.4, 0.5) is 0 Å². The molecular formula is C15H18N2O. The van der Waals surface area contributed by atoms with Gasteiger partial charge in [-0.05, 0) is 44.0 Å². The molecule has 1 aromatic carbocycles. The minimum atomic E-state index is 0.0580. The fourth-order valence-electron chi connectivity index (χ4n) is 2.76. The van der Waals surface area contributed by atoms with Crippen molar-refractivity contribution in [3.05, 3.63) is 35.5 Å². The number of rotatable bonds is 2. The molecule has 0 saturated heterocycles. The van der Waals surface area contributed by atoms with Gasteiger partial charge in [-0.15, -0.1) is 0 Å². The summed E-state index contributed by atoms with van der Waals surface area (Å²) in [5.74, 6) is 0.0580. The third-order valence-electron chi connectivity index (χ3n) is 3.71. The lowest BCUT2D eigenvalue weighted by molar-refractivity contribution is 0.0938. The zero-order chi connectivity index (χ0) is 12.5. The van der Waals surface area contributed by atoms with Gasteiger partial charge in [-0.25, -0.2) is 0 Å². The summed E-state index contributed by atoms with van der Waals surface area (Å²) < 4.78 is 0. The van der Waals surface area contributed by atoms with Crippen molar-refractivity contribution >= 4 is 16.8 Å². The second-order valence-corrected chi connectivity index (χ2v) is 5.21. The summed E-state index contributed by atoms with van der Waals surface area (Å²) in [4.78, 5) is 15.4. The second kappa shape index (κ2) is 4.48. The number of aryl methyl sites for hydroxylation is 1. The maximum absolute atomic E-state index is 12.1. The zero-order valence-electron chi connectivity index (χ0n) is 10.6. The summed E-state index contributed by atoms with van der Waals surface area (Å²) in [6.45, 7) is 2.03. The van der Waals surface area contributed by atoms with Crippen molar-refractivity contribution in [3.8, 4) is 0 Å². The number of aromatic amines is 1. The number of carbonyl (C=O) groups excluding carboxylic acids is 1. The lowest BCUT2D eigenvalue weighted by Gasteiger charge is -2.11. The molecule has 18 heavy (non-hydrogen) atoms. The predicted octanol–water partition coefficient (Wildman–Crippen LogP) is 3.15. The van der Waals surface area contributed by atoms with Crippen LogP contribution in [-0.2, 0) is 0 Å². The molecule has 2 N–H and O–H groups in total. The molecule has 1 heterocycles. The van der Waals surface area contributed by atoms with E-state index in [1.807, 2.05) is 25.1 Å². The Morgan fingerprint density at radius 1 is 1.28 bits per heavy atom. The maximum Gasteiger partial charge on any atom is 0.251 e. The monoisotopic (exact) mass is 242 g/mol. The van der Waals surface area contributed by atoms with Gasteiger partial charge < -0.3 is 10.3 Å². The Balaban J connectivity index is 1.81. The van der Waals surface area contributed by atoms with Gasteiger partial charge >= 0.3 is 0 Å². The van der Waals surface area contributed by atoms with E-state index in [0.29, 0.717) is 6.04 Å². The normalized spacial score (nSPS) is 16.3. The van der Waals surface area contributed by atoms with E-state index in [1.54, 1.807) is 0 Å². The van der Waals surface area contributed by atoms with Crippen molar-refractivity contribution in [3.63, 3.8) is 0 Å². The number of benzene rings is 1. The molecule has 0 bridgehead atoms. The molecule has 0 radical (unpaired) electrons. The molecular weight excluding hydrogens is 224 g/mol. The van der Waals surface area contributed by atoms with Gasteiger partial charge in [0.2, 0.25) is 0 Å². The standard InChI is InChI=1S/C15H18N2O/c1-10-8-12-9-11(6-7-14(12)16-10)15(18)17-13-4-2-3-5-13/h6-9,13,16H,2-5H2,1H3,(H,17,18). The fourth-order valence-corrected chi connectivity index (χ4v) is 2.76. The van der Waals surface area contributed by atoms with E-state index in [0.717, 1.165) is 35.0 Å². The van der Waals surface area contributed by atoms with Crippen molar-refractivity contribution in [1.82, 2.24) is 10.3 Å². The molecule has 0 unspecified atom stereocenters. The molecule has 0 atom stereocenters. The Hall–Kier alpha value is -1.77. The van der Waals surface area contributed by atoms with E-state index in [-0.39, 0.29) is 5.91 Å². The van der Waals surface area contributed by atoms with Gasteiger partial charge in [-0.3, -0.25) is 4.79 Å². The molecule has 1 aliphatic rings. The lowest BCUT2D eigenvalue weighted by atomic mass is 10.1. The maximum atomic E-state index is 12.1. The van der Waals surface area contributed by atoms with E-state index in [4.69, 9.17) is 0 Å². The van der Waals surface area contributed by atoms with Crippen LogP contribution in [0.3, 0.4) is 0 Å². The molecule has 94 valence electrons. The van der Waals surface area contributed by atoms with Crippen molar-refractivity contribution < 1.29 is 4.79 Å². The highest BCUT2D eigenvalue weighted by molar-refractivity contribution is 5.98. The van der Waals surface area contributed by atoms with E-state index >= 15 is 0 Å². The SMILES string of the molecule is Cc1cc2cc(C(=O)NC3CCCC3)ccc2[nH]1. The van der Waals surface area contributed by atoms with Crippen LogP contribution in [0.2, 0.25) is 0 Å². The second-order valence-electron chi connectivity index (χ2n) is 5.21. The van der Waals surface area contributed by atoms with Gasteiger partial charge in [-0.2, -0.15) is 0 Å². The van der Waals surface area contributed by atoms with Gasteiger partial charge in [0.05, 0.1) is 0 Å². The first kappa shape index (κ1) is 11.3. The summed E-state index contributed by atoms with van der Waals surface area (Å²) in [6, 6.07) is 8.28. The molecule has 1 saturated carbocycles. The smallest absolute Gasteiger partial charge is 0.251 e. The topological polar surface area (TPSA) is 44.9 Å². The van der Waals surface area contributed by atoms with Gasteiger partial charge in [0, 0.05) is 28.2 Å². The highest BCUT2D eigenvalue weighted by Crippen LogP contribution is 2.20. The van der Waals surface area contributed by atoms with Gasteiger partial charge in [0.1, 0.15) is 0 Å². The van der Waals surface area contributed by atoms with Gasteiger partial charge in [0.15, 0.2) is 0 Å². The van der Waals surface area contributed by atoms with Gasteiger partial charge in [0.25, 0.3) is 5.91 Å². The first-order chi connectivity index (χ1) is 8.72. The minimum absolute atomic E-state index is 0.0580. The average Bonchev–Trinajstić information content (AvgIpc) is 2.95. The fraction of sp³-hybridized carbons (Fsp3) is 0.400. The molecule has 1 aromatic heterocycles. The predicted molar refractivity (Wildman–Crippen MR) is 72.8 cm³/mol. The number of hydrogen-bond acceptors (Lipinski definition) is 1. The number of nitrogens with one attached hydrogen (secondary N) is 2. The zero-order valence-corrected chi connectivity index (χ0v) is 10.6. The molecule has 0 spiro atoms. The summed E-state index contributed by atoms with van der Waals surface area (Å²) in [6.07, 6.45) is 4.72. The number of carbonyl (C=O) groups is 1. The number of amides is 1. The number of aromatic nitrogens is 1. The third-order valence-corrected chi connectivity index (χ3v) is 3.71. The van der Waals surface area contributed by atoms with Crippen molar-refractivity contribution in [2.45, 2.75) is 38.6 Å². The molecule has 2 aromatic rings. The van der Waals surface area contributed by atoms with E-state index < -0.39 is 0 Å². The Morgan fingerprint density at radius 3 is 2.83 bits per heavy atom. The van der Waals surface area contributed by atoms with E-state index in [1.165, 1.54) is 12.8 Å². The third kappa shape index (κ3) is 2.13. The summed E-state index contributed by atoms with van der Waals surface area (Å²) >= 11 is 0. The Labute approximate surface area is 107 Å². The van der Waals surface area contributed by atoms with Crippen LogP contribution in [0.1, 0.15) is 41.7 Å². The summed E-state index contributed by atoms with van der Waals surface area (Å²) in [7, 11) is 0. The van der Waals surface area contributed by atoms with Crippen molar-refractivity contribution in [2.24, 2.45) is 0 Å². The highest BCUT2D eigenvalue weighted by atomic mass is 16.1. The summed E-state index contributed by atoms with van der Waals surface area (Å²) in [5.41, 5.74) is 2.97. The molecule has 3 nitrogen and oxygen atoms in total. The van der Waals surface area contributed by atoms with E-state index in [9.17, 15) is 4.79 Å². The van der Waals surface area contributed by atoms with Crippen LogP contribution in [0.25, 0.3) is 10.9 Å². The van der Waals surface area contributed by atoms with Crippen LogP contribution in [-0.4, -0.2) is 16.9 Å². The van der Waals surface area contributed by atoms with Crippen LogP contribution in [0.15, 0.2) is 24.3 Å². The molecule has 3 heteroatoms. The minimum Gasteiger partial charge on any atom is -0.359 e. The van der Waals surface area contributed by atoms with Crippen LogP contribution < -0.4 is 5.32 Å². The summed E-state index contributed by atoms with van der Waals surface area (Å²) in [5, 5.41) is 4.22. The molecule has 1 amide bonds. The first-order valence-corrected chi connectivity index (χ1v) is 6.62. The van der Waals surface area contributed by atoms with E-state index in [2.05, 4.69) is 16.4 Å². The molecule has 3 rings (SSSR count). The Morgan fingerprint density at radius 2 is 2.06 bits per heavy atom. The number of fused-ring (bicyclic) bond motifs is 1. The van der Waals surface area contributed by atoms with Crippen LogP contribution in [0, 0.1) is 6.92 Å². The van der Waals surface area contributed by atoms with Crippen molar-refractivity contribution in [1.29, 1.82) is 0 Å². The molecule has 1 fully saturated rings. The Kier molecular flexibility index (Phi) is 2.82. The average molecular weight is 242 g/mol. The molecule has 1 aliphatic carbocycles. The molecule has 0 aliphatic heterocycles. The lowest BCUT2D eigenvalue weighted by Crippen LogP contribution is -2.32. The Bertz CT molecular complexity index is 579. The number of hydrogen-bond donors (Lipinski definition) is 2. The quantitative estimate of drug-likeness (QED) is 0.834. The van der Waals surface area contributed by atoms with Crippen LogP contribution >= 0.6 is 0 Å². The van der Waals surface area contributed by atoms with Gasteiger partial charge in [-0.1, -0.05) is 12.8 Å².